The Morgan fingerprint density at radius 2 is 2.08 bits per heavy atom. The van der Waals surface area contributed by atoms with Crippen molar-refractivity contribution in [3.05, 3.63) is 0 Å². The third-order valence-corrected chi connectivity index (χ3v) is 3.29. The molecule has 0 spiro atoms. The van der Waals surface area contributed by atoms with E-state index < -0.39 is 0 Å². The summed E-state index contributed by atoms with van der Waals surface area (Å²) in [6.07, 6.45) is 4.06. The van der Waals surface area contributed by atoms with E-state index in [1.165, 1.54) is 19.3 Å². The Morgan fingerprint density at radius 3 is 2.62 bits per heavy atom. The molecule has 2 atom stereocenters. The Bertz CT molecular complexity index is 145. The molecule has 0 radical (unpaired) electrons. The summed E-state index contributed by atoms with van der Waals surface area (Å²) in [6, 6.07) is 2.27. The van der Waals surface area contributed by atoms with Gasteiger partial charge < -0.3 is 10.2 Å². The fourth-order valence-corrected chi connectivity index (χ4v) is 2.22. The highest BCUT2D eigenvalue weighted by atomic mass is 15.2. The third kappa shape index (κ3) is 2.96. The zero-order chi connectivity index (χ0) is 9.84. The lowest BCUT2D eigenvalue weighted by atomic mass is 10.2. The molecule has 0 aromatic heterocycles. The minimum absolute atomic E-state index is 0.686. The van der Waals surface area contributed by atoms with Crippen LogP contribution < -0.4 is 5.32 Å². The van der Waals surface area contributed by atoms with Gasteiger partial charge in [-0.2, -0.15) is 0 Å². The summed E-state index contributed by atoms with van der Waals surface area (Å²) in [5.41, 5.74) is 0. The zero-order valence-corrected chi connectivity index (χ0v) is 9.51. The van der Waals surface area contributed by atoms with Crippen molar-refractivity contribution >= 4 is 0 Å². The fourth-order valence-electron chi connectivity index (χ4n) is 2.22. The van der Waals surface area contributed by atoms with Crippen molar-refractivity contribution in [3.63, 3.8) is 0 Å². The van der Waals surface area contributed by atoms with E-state index in [9.17, 15) is 0 Å². The molecule has 1 N–H and O–H groups in total. The summed E-state index contributed by atoms with van der Waals surface area (Å²) in [7, 11) is 2.25. The van der Waals surface area contributed by atoms with Gasteiger partial charge in [-0.3, -0.25) is 0 Å². The molecule has 1 aliphatic rings. The zero-order valence-electron chi connectivity index (χ0n) is 9.51. The van der Waals surface area contributed by atoms with Gasteiger partial charge in [0.05, 0.1) is 0 Å². The molecule has 0 aromatic rings. The van der Waals surface area contributed by atoms with Crippen LogP contribution in [-0.2, 0) is 0 Å². The molecule has 0 amide bonds. The molecule has 1 aliphatic carbocycles. The van der Waals surface area contributed by atoms with Gasteiger partial charge in [0.1, 0.15) is 0 Å². The van der Waals surface area contributed by atoms with E-state index >= 15 is 0 Å². The van der Waals surface area contributed by atoms with Crippen LogP contribution in [0, 0.1) is 0 Å². The van der Waals surface area contributed by atoms with Gasteiger partial charge in [0.25, 0.3) is 0 Å². The summed E-state index contributed by atoms with van der Waals surface area (Å²) < 4.78 is 0. The normalized spacial score (nSPS) is 29.1. The second-order valence-electron chi connectivity index (χ2n) is 4.48. The van der Waals surface area contributed by atoms with Crippen molar-refractivity contribution in [3.8, 4) is 0 Å². The first-order valence-corrected chi connectivity index (χ1v) is 5.60. The van der Waals surface area contributed by atoms with Crippen LogP contribution in [0.4, 0.5) is 0 Å². The molecular formula is C11H24N2. The van der Waals surface area contributed by atoms with Gasteiger partial charge in [-0.25, -0.2) is 0 Å². The first-order valence-electron chi connectivity index (χ1n) is 5.60. The average Bonchev–Trinajstić information content (AvgIpc) is 2.52. The minimum Gasteiger partial charge on any atom is -0.314 e. The second-order valence-corrected chi connectivity index (χ2v) is 4.48. The van der Waals surface area contributed by atoms with E-state index in [4.69, 9.17) is 0 Å². The fraction of sp³-hybridized carbons (Fsp3) is 1.00. The number of rotatable bonds is 4. The number of hydrogen-bond acceptors (Lipinski definition) is 2. The Hall–Kier alpha value is -0.0800. The average molecular weight is 184 g/mol. The quantitative estimate of drug-likeness (QED) is 0.717. The first kappa shape index (κ1) is 11.0. The Labute approximate surface area is 82.7 Å². The SMILES string of the molecule is CCNC1CCC(N(C)C(C)C)C1. The molecule has 0 bridgehead atoms. The second kappa shape index (κ2) is 4.97. The summed E-state index contributed by atoms with van der Waals surface area (Å²) >= 11 is 0. The van der Waals surface area contributed by atoms with Crippen LogP contribution >= 0.6 is 0 Å². The molecule has 0 aromatic carbocycles. The lowest BCUT2D eigenvalue weighted by Gasteiger charge is -2.28. The molecule has 1 fully saturated rings. The Morgan fingerprint density at radius 1 is 1.38 bits per heavy atom. The molecule has 1 rings (SSSR count). The van der Waals surface area contributed by atoms with E-state index in [0.717, 1.165) is 18.6 Å². The van der Waals surface area contributed by atoms with Crippen LogP contribution in [-0.4, -0.2) is 36.6 Å². The van der Waals surface area contributed by atoms with Crippen LogP contribution in [0.25, 0.3) is 0 Å². The monoisotopic (exact) mass is 184 g/mol. The Balaban J connectivity index is 2.31. The van der Waals surface area contributed by atoms with E-state index in [-0.39, 0.29) is 0 Å². The highest BCUT2D eigenvalue weighted by Gasteiger charge is 2.27. The predicted octanol–water partition coefficient (Wildman–Crippen LogP) is 1.86. The van der Waals surface area contributed by atoms with Crippen molar-refractivity contribution < 1.29 is 0 Å². The minimum atomic E-state index is 0.686. The lowest BCUT2D eigenvalue weighted by molar-refractivity contribution is 0.195. The van der Waals surface area contributed by atoms with Crippen LogP contribution in [0.2, 0.25) is 0 Å². The first-order chi connectivity index (χ1) is 6.15. The number of nitrogens with one attached hydrogen (secondary N) is 1. The van der Waals surface area contributed by atoms with Gasteiger partial charge in [-0.05, 0) is 46.7 Å². The largest absolute Gasteiger partial charge is 0.314 e. The van der Waals surface area contributed by atoms with Gasteiger partial charge in [-0.1, -0.05) is 6.92 Å². The molecule has 0 heterocycles. The highest BCUT2D eigenvalue weighted by molar-refractivity contribution is 4.86. The van der Waals surface area contributed by atoms with Crippen LogP contribution in [0.15, 0.2) is 0 Å². The van der Waals surface area contributed by atoms with E-state index in [2.05, 4.69) is 38.0 Å². The van der Waals surface area contributed by atoms with E-state index in [1.54, 1.807) is 0 Å². The standard InChI is InChI=1S/C11H24N2/c1-5-12-10-6-7-11(8-10)13(4)9(2)3/h9-12H,5-8H2,1-4H3. The van der Waals surface area contributed by atoms with Crippen LogP contribution in [0.5, 0.6) is 0 Å². The van der Waals surface area contributed by atoms with Gasteiger partial charge >= 0.3 is 0 Å². The number of hydrogen-bond donors (Lipinski definition) is 1. The summed E-state index contributed by atoms with van der Waals surface area (Å²) in [5, 5.41) is 3.54. The topological polar surface area (TPSA) is 15.3 Å². The predicted molar refractivity (Wildman–Crippen MR) is 58.0 cm³/mol. The van der Waals surface area contributed by atoms with Crippen molar-refractivity contribution in [1.29, 1.82) is 0 Å². The smallest absolute Gasteiger partial charge is 0.0110 e. The maximum Gasteiger partial charge on any atom is 0.0110 e. The maximum absolute atomic E-state index is 3.54. The van der Waals surface area contributed by atoms with Crippen LogP contribution in [0.1, 0.15) is 40.0 Å². The van der Waals surface area contributed by atoms with Gasteiger partial charge in [-0.15, -0.1) is 0 Å². The number of nitrogens with zero attached hydrogens (tertiary/aromatic N) is 1. The summed E-state index contributed by atoms with van der Waals surface area (Å²) in [4.78, 5) is 2.51. The van der Waals surface area contributed by atoms with Crippen molar-refractivity contribution in [2.45, 2.75) is 58.2 Å². The van der Waals surface area contributed by atoms with Crippen molar-refractivity contribution in [1.82, 2.24) is 10.2 Å². The van der Waals surface area contributed by atoms with Crippen LogP contribution in [0.3, 0.4) is 0 Å². The van der Waals surface area contributed by atoms with Gasteiger partial charge in [0.15, 0.2) is 0 Å². The third-order valence-electron chi connectivity index (χ3n) is 3.29. The molecule has 13 heavy (non-hydrogen) atoms. The molecule has 2 heteroatoms. The molecule has 0 aliphatic heterocycles. The molecule has 78 valence electrons. The van der Waals surface area contributed by atoms with E-state index in [1.807, 2.05) is 0 Å². The molecular weight excluding hydrogens is 160 g/mol. The molecule has 1 saturated carbocycles. The Kier molecular flexibility index (Phi) is 4.20. The summed E-state index contributed by atoms with van der Waals surface area (Å²) in [6.45, 7) is 7.86. The van der Waals surface area contributed by atoms with Crippen molar-refractivity contribution in [2.24, 2.45) is 0 Å². The molecule has 2 unspecified atom stereocenters. The van der Waals surface area contributed by atoms with E-state index in [0.29, 0.717) is 6.04 Å². The van der Waals surface area contributed by atoms with Gasteiger partial charge in [0, 0.05) is 18.1 Å². The lowest BCUT2D eigenvalue weighted by Crippen LogP contribution is -2.37. The maximum atomic E-state index is 3.54. The molecule has 2 nitrogen and oxygen atoms in total. The molecule has 0 saturated heterocycles. The van der Waals surface area contributed by atoms with Crippen molar-refractivity contribution in [2.75, 3.05) is 13.6 Å². The summed E-state index contributed by atoms with van der Waals surface area (Å²) in [5.74, 6) is 0. The van der Waals surface area contributed by atoms with Gasteiger partial charge in [0.2, 0.25) is 0 Å². The highest BCUT2D eigenvalue weighted by Crippen LogP contribution is 2.24.